The molecule has 0 heterocycles. The van der Waals surface area contributed by atoms with Crippen molar-refractivity contribution in [2.45, 2.75) is 26.3 Å². The molecule has 0 aliphatic carbocycles. The number of hydrogen-bond donors (Lipinski definition) is 1. The number of nitrogens with one attached hydrogen (secondary N) is 1. The first-order valence-corrected chi connectivity index (χ1v) is 7.07. The zero-order valence-corrected chi connectivity index (χ0v) is 12.8. The Labute approximate surface area is 118 Å². The van der Waals surface area contributed by atoms with Gasteiger partial charge in [0.25, 0.3) is 0 Å². The summed E-state index contributed by atoms with van der Waals surface area (Å²) in [6, 6.07) is 8.37. The Balaban J connectivity index is 2.41. The Kier molecular flexibility index (Phi) is 6.36. The molecular weight excluding hydrogens is 292 g/mol. The van der Waals surface area contributed by atoms with Crippen LogP contribution in [0.2, 0.25) is 0 Å². The number of carbonyl (C=O) groups excluding carboxylic acids is 1. The van der Waals surface area contributed by atoms with Crippen LogP contribution in [0.4, 0.5) is 0 Å². The SMILES string of the molecule is CCN(C)C(=O)CCN[C@@H](C)c1ccccc1Br. The first kappa shape index (κ1) is 15.2. The number of nitrogens with zero attached hydrogens (tertiary/aromatic N) is 1. The van der Waals surface area contributed by atoms with Crippen molar-refractivity contribution < 1.29 is 4.79 Å². The van der Waals surface area contributed by atoms with Crippen molar-refractivity contribution in [2.24, 2.45) is 0 Å². The summed E-state index contributed by atoms with van der Waals surface area (Å²) in [6.45, 7) is 5.55. The maximum absolute atomic E-state index is 11.6. The fourth-order valence-electron chi connectivity index (χ4n) is 1.70. The summed E-state index contributed by atoms with van der Waals surface area (Å²) in [5.74, 6) is 0.185. The number of amides is 1. The van der Waals surface area contributed by atoms with Crippen molar-refractivity contribution in [3.05, 3.63) is 34.3 Å². The summed E-state index contributed by atoms with van der Waals surface area (Å²) < 4.78 is 1.10. The lowest BCUT2D eigenvalue weighted by atomic mass is 10.1. The Bertz CT molecular complexity index is 395. The van der Waals surface area contributed by atoms with Crippen LogP contribution in [0.15, 0.2) is 28.7 Å². The zero-order chi connectivity index (χ0) is 13.5. The second-order valence-electron chi connectivity index (χ2n) is 4.36. The van der Waals surface area contributed by atoms with E-state index in [1.54, 1.807) is 4.90 Å². The van der Waals surface area contributed by atoms with E-state index in [9.17, 15) is 4.79 Å². The molecule has 0 aliphatic rings. The first-order chi connectivity index (χ1) is 8.56. The molecule has 18 heavy (non-hydrogen) atoms. The molecule has 3 nitrogen and oxygen atoms in total. The molecule has 1 aromatic carbocycles. The fourth-order valence-corrected chi connectivity index (χ4v) is 2.33. The first-order valence-electron chi connectivity index (χ1n) is 6.28. The molecule has 0 saturated carbocycles. The van der Waals surface area contributed by atoms with Gasteiger partial charge in [-0.3, -0.25) is 4.79 Å². The van der Waals surface area contributed by atoms with Crippen LogP contribution in [0.5, 0.6) is 0 Å². The van der Waals surface area contributed by atoms with E-state index in [1.165, 1.54) is 5.56 Å². The summed E-state index contributed by atoms with van der Waals surface area (Å²) in [5, 5.41) is 3.37. The summed E-state index contributed by atoms with van der Waals surface area (Å²) in [4.78, 5) is 13.4. The van der Waals surface area contributed by atoms with Crippen molar-refractivity contribution in [1.29, 1.82) is 0 Å². The van der Waals surface area contributed by atoms with E-state index >= 15 is 0 Å². The summed E-state index contributed by atoms with van der Waals surface area (Å²) in [5.41, 5.74) is 1.22. The molecule has 0 bridgehead atoms. The molecule has 0 fully saturated rings. The predicted octanol–water partition coefficient (Wildman–Crippen LogP) is 2.97. The molecule has 1 amide bonds. The van der Waals surface area contributed by atoms with Crippen LogP contribution < -0.4 is 5.32 Å². The minimum atomic E-state index is 0.185. The van der Waals surface area contributed by atoms with E-state index in [2.05, 4.69) is 34.2 Å². The summed E-state index contributed by atoms with van der Waals surface area (Å²) >= 11 is 3.54. The van der Waals surface area contributed by atoms with Gasteiger partial charge in [-0.1, -0.05) is 34.1 Å². The van der Waals surface area contributed by atoms with E-state index in [4.69, 9.17) is 0 Å². The average molecular weight is 313 g/mol. The zero-order valence-electron chi connectivity index (χ0n) is 11.2. The number of hydrogen-bond acceptors (Lipinski definition) is 2. The maximum atomic E-state index is 11.6. The topological polar surface area (TPSA) is 32.3 Å². The third-order valence-corrected chi connectivity index (χ3v) is 3.78. The van der Waals surface area contributed by atoms with Crippen molar-refractivity contribution in [3.8, 4) is 0 Å². The summed E-state index contributed by atoms with van der Waals surface area (Å²) in [7, 11) is 1.83. The highest BCUT2D eigenvalue weighted by Crippen LogP contribution is 2.22. The van der Waals surface area contributed by atoms with Crippen LogP contribution in [0.1, 0.15) is 31.9 Å². The molecule has 0 saturated heterocycles. The van der Waals surface area contributed by atoms with Gasteiger partial charge in [0.1, 0.15) is 0 Å². The monoisotopic (exact) mass is 312 g/mol. The van der Waals surface area contributed by atoms with Gasteiger partial charge in [0.15, 0.2) is 0 Å². The molecular formula is C14H21BrN2O. The van der Waals surface area contributed by atoms with Crippen molar-refractivity contribution in [1.82, 2.24) is 10.2 Å². The number of halogens is 1. The van der Waals surface area contributed by atoms with E-state index in [1.807, 2.05) is 32.2 Å². The Morgan fingerprint density at radius 2 is 2.11 bits per heavy atom. The second kappa shape index (κ2) is 7.54. The maximum Gasteiger partial charge on any atom is 0.223 e. The smallest absolute Gasteiger partial charge is 0.223 e. The van der Waals surface area contributed by atoms with E-state index in [0.717, 1.165) is 11.0 Å². The molecule has 4 heteroatoms. The van der Waals surface area contributed by atoms with Crippen molar-refractivity contribution >= 4 is 21.8 Å². The van der Waals surface area contributed by atoms with Crippen molar-refractivity contribution in [2.75, 3.05) is 20.1 Å². The Morgan fingerprint density at radius 3 is 2.72 bits per heavy atom. The minimum absolute atomic E-state index is 0.185. The quantitative estimate of drug-likeness (QED) is 0.876. The standard InChI is InChI=1S/C14H21BrN2O/c1-4-17(3)14(18)9-10-16-11(2)12-7-5-6-8-13(12)15/h5-8,11,16H,4,9-10H2,1-3H3/t11-/m0/s1. The molecule has 0 spiro atoms. The third kappa shape index (κ3) is 4.42. The largest absolute Gasteiger partial charge is 0.346 e. The molecule has 1 rings (SSSR count). The van der Waals surface area contributed by atoms with Crippen LogP contribution in [0, 0.1) is 0 Å². The van der Waals surface area contributed by atoms with Gasteiger partial charge >= 0.3 is 0 Å². The lowest BCUT2D eigenvalue weighted by Gasteiger charge is -2.18. The van der Waals surface area contributed by atoms with Gasteiger partial charge in [0.05, 0.1) is 0 Å². The molecule has 1 N–H and O–H groups in total. The lowest BCUT2D eigenvalue weighted by Crippen LogP contribution is -2.30. The minimum Gasteiger partial charge on any atom is -0.346 e. The van der Waals surface area contributed by atoms with Gasteiger partial charge in [-0.2, -0.15) is 0 Å². The van der Waals surface area contributed by atoms with Gasteiger partial charge in [-0.25, -0.2) is 0 Å². The summed E-state index contributed by atoms with van der Waals surface area (Å²) in [6.07, 6.45) is 0.541. The number of rotatable bonds is 6. The van der Waals surface area contributed by atoms with Gasteiger partial charge in [0, 0.05) is 37.1 Å². The third-order valence-electron chi connectivity index (χ3n) is 3.06. The highest BCUT2D eigenvalue weighted by molar-refractivity contribution is 9.10. The molecule has 0 aliphatic heterocycles. The molecule has 1 aromatic rings. The van der Waals surface area contributed by atoms with Crippen LogP contribution >= 0.6 is 15.9 Å². The van der Waals surface area contributed by atoms with Gasteiger partial charge in [0.2, 0.25) is 5.91 Å². The van der Waals surface area contributed by atoms with E-state index in [0.29, 0.717) is 13.0 Å². The van der Waals surface area contributed by atoms with Crippen molar-refractivity contribution in [3.63, 3.8) is 0 Å². The molecule has 0 unspecified atom stereocenters. The number of benzene rings is 1. The molecule has 0 radical (unpaired) electrons. The van der Waals surface area contributed by atoms with Crippen LogP contribution in [-0.2, 0) is 4.79 Å². The van der Waals surface area contributed by atoms with Gasteiger partial charge in [-0.15, -0.1) is 0 Å². The van der Waals surface area contributed by atoms with Gasteiger partial charge < -0.3 is 10.2 Å². The fraction of sp³-hybridized carbons (Fsp3) is 0.500. The normalized spacial score (nSPS) is 12.2. The molecule has 100 valence electrons. The highest BCUT2D eigenvalue weighted by Gasteiger charge is 2.10. The average Bonchev–Trinajstić information content (AvgIpc) is 2.37. The van der Waals surface area contributed by atoms with Gasteiger partial charge in [-0.05, 0) is 25.5 Å². The lowest BCUT2D eigenvalue weighted by molar-refractivity contribution is -0.129. The van der Waals surface area contributed by atoms with E-state index in [-0.39, 0.29) is 11.9 Å². The highest BCUT2D eigenvalue weighted by atomic mass is 79.9. The Hall–Kier alpha value is -0.870. The Morgan fingerprint density at radius 1 is 1.44 bits per heavy atom. The van der Waals surface area contributed by atoms with Crippen LogP contribution in [0.3, 0.4) is 0 Å². The second-order valence-corrected chi connectivity index (χ2v) is 5.21. The molecule has 1 atom stereocenters. The number of carbonyl (C=O) groups is 1. The molecule has 0 aromatic heterocycles. The predicted molar refractivity (Wildman–Crippen MR) is 78.5 cm³/mol. The van der Waals surface area contributed by atoms with E-state index < -0.39 is 0 Å². The van der Waals surface area contributed by atoms with Crippen LogP contribution in [-0.4, -0.2) is 30.9 Å². The van der Waals surface area contributed by atoms with Crippen LogP contribution in [0.25, 0.3) is 0 Å².